The molecule has 0 unspecified atom stereocenters. The van der Waals surface area contributed by atoms with E-state index in [0.717, 1.165) is 43.6 Å². The van der Waals surface area contributed by atoms with Gasteiger partial charge in [0.15, 0.2) is 0 Å². The number of hydrogen-bond acceptors (Lipinski definition) is 5. The lowest BCUT2D eigenvalue weighted by molar-refractivity contribution is 0.311. The first-order valence-corrected chi connectivity index (χ1v) is 7.86. The Kier molecular flexibility index (Phi) is 4.66. The Hall–Kier alpha value is -1.56. The standard InChI is InChI=1S/C15H17Cl2N5/c1-21-6-8-22(9-7-21)15-18-5-4-14(20-15)19-11-2-3-12(16)13(17)10-11/h2-5,10H,6-9H2,1H3,(H,18,19,20). The summed E-state index contributed by atoms with van der Waals surface area (Å²) in [7, 11) is 2.13. The summed E-state index contributed by atoms with van der Waals surface area (Å²) < 4.78 is 0. The van der Waals surface area contributed by atoms with Crippen LogP contribution in [0.4, 0.5) is 17.5 Å². The van der Waals surface area contributed by atoms with Crippen molar-refractivity contribution in [2.24, 2.45) is 0 Å². The second-order valence-electron chi connectivity index (χ2n) is 5.29. The van der Waals surface area contributed by atoms with Gasteiger partial charge in [-0.2, -0.15) is 4.98 Å². The molecule has 7 heteroatoms. The van der Waals surface area contributed by atoms with E-state index >= 15 is 0 Å². The van der Waals surface area contributed by atoms with Crippen LogP contribution in [0.25, 0.3) is 0 Å². The van der Waals surface area contributed by atoms with E-state index in [2.05, 4.69) is 32.1 Å². The van der Waals surface area contributed by atoms with Gasteiger partial charge in [0, 0.05) is 38.1 Å². The van der Waals surface area contributed by atoms with E-state index in [-0.39, 0.29) is 0 Å². The van der Waals surface area contributed by atoms with Gasteiger partial charge in [0.2, 0.25) is 5.95 Å². The summed E-state index contributed by atoms with van der Waals surface area (Å²) in [5.74, 6) is 1.49. The molecular weight excluding hydrogens is 321 g/mol. The zero-order valence-corrected chi connectivity index (χ0v) is 13.8. The molecule has 0 radical (unpaired) electrons. The lowest BCUT2D eigenvalue weighted by atomic mass is 10.3. The van der Waals surface area contributed by atoms with Gasteiger partial charge in [0.25, 0.3) is 0 Å². The number of aromatic nitrogens is 2. The van der Waals surface area contributed by atoms with Crippen LogP contribution in [0.2, 0.25) is 10.0 Å². The summed E-state index contributed by atoms with van der Waals surface area (Å²) in [6.07, 6.45) is 1.76. The molecule has 1 aliphatic rings. The normalized spacial score (nSPS) is 15.9. The molecule has 1 aliphatic heterocycles. The van der Waals surface area contributed by atoms with Crippen molar-refractivity contribution in [2.75, 3.05) is 43.4 Å². The third kappa shape index (κ3) is 3.61. The van der Waals surface area contributed by atoms with E-state index in [1.54, 1.807) is 18.3 Å². The van der Waals surface area contributed by atoms with Gasteiger partial charge in [0.05, 0.1) is 10.0 Å². The Labute approximate surface area is 139 Å². The van der Waals surface area contributed by atoms with E-state index in [9.17, 15) is 0 Å². The largest absolute Gasteiger partial charge is 0.340 e. The molecule has 22 heavy (non-hydrogen) atoms. The van der Waals surface area contributed by atoms with Crippen molar-refractivity contribution in [1.29, 1.82) is 0 Å². The molecule has 1 saturated heterocycles. The van der Waals surface area contributed by atoms with Crippen molar-refractivity contribution < 1.29 is 0 Å². The third-order valence-electron chi connectivity index (χ3n) is 3.62. The molecule has 3 rings (SSSR count). The van der Waals surface area contributed by atoms with Gasteiger partial charge in [-0.15, -0.1) is 0 Å². The first-order chi connectivity index (χ1) is 10.6. The molecule has 0 spiro atoms. The van der Waals surface area contributed by atoms with Crippen molar-refractivity contribution >= 4 is 40.7 Å². The highest BCUT2D eigenvalue weighted by Crippen LogP contribution is 2.26. The van der Waals surface area contributed by atoms with Crippen LogP contribution >= 0.6 is 23.2 Å². The van der Waals surface area contributed by atoms with Crippen LogP contribution in [0.3, 0.4) is 0 Å². The van der Waals surface area contributed by atoms with Crippen molar-refractivity contribution in [3.8, 4) is 0 Å². The Balaban J connectivity index is 1.74. The Bertz CT molecular complexity index is 656. The van der Waals surface area contributed by atoms with E-state index in [1.165, 1.54) is 0 Å². The van der Waals surface area contributed by atoms with Crippen molar-refractivity contribution in [1.82, 2.24) is 14.9 Å². The van der Waals surface area contributed by atoms with Crippen LogP contribution in [-0.4, -0.2) is 48.1 Å². The monoisotopic (exact) mass is 337 g/mol. The molecule has 1 N–H and O–H groups in total. The number of anilines is 3. The fourth-order valence-corrected chi connectivity index (χ4v) is 2.60. The van der Waals surface area contributed by atoms with Crippen molar-refractivity contribution in [2.45, 2.75) is 0 Å². The van der Waals surface area contributed by atoms with Crippen LogP contribution in [0.1, 0.15) is 0 Å². The number of hydrogen-bond donors (Lipinski definition) is 1. The predicted molar refractivity (Wildman–Crippen MR) is 91.5 cm³/mol. The maximum absolute atomic E-state index is 6.03. The molecule has 0 amide bonds. The number of benzene rings is 1. The molecule has 1 fully saturated rings. The quantitative estimate of drug-likeness (QED) is 0.931. The zero-order chi connectivity index (χ0) is 15.5. The Morgan fingerprint density at radius 3 is 2.55 bits per heavy atom. The number of nitrogens with one attached hydrogen (secondary N) is 1. The minimum Gasteiger partial charge on any atom is -0.340 e. The van der Waals surface area contributed by atoms with Crippen molar-refractivity contribution in [3.63, 3.8) is 0 Å². The molecular formula is C15H17Cl2N5. The number of piperazine rings is 1. The maximum Gasteiger partial charge on any atom is 0.227 e. The van der Waals surface area contributed by atoms with Crippen LogP contribution in [-0.2, 0) is 0 Å². The molecule has 2 heterocycles. The highest BCUT2D eigenvalue weighted by Gasteiger charge is 2.16. The van der Waals surface area contributed by atoms with E-state index in [4.69, 9.17) is 23.2 Å². The Morgan fingerprint density at radius 2 is 1.82 bits per heavy atom. The maximum atomic E-state index is 6.03. The van der Waals surface area contributed by atoms with Gasteiger partial charge in [-0.1, -0.05) is 23.2 Å². The molecule has 0 atom stereocenters. The summed E-state index contributed by atoms with van der Waals surface area (Å²) >= 11 is 12.0. The third-order valence-corrected chi connectivity index (χ3v) is 4.36. The summed E-state index contributed by atoms with van der Waals surface area (Å²) in [6.45, 7) is 3.92. The van der Waals surface area contributed by atoms with Crippen LogP contribution in [0.5, 0.6) is 0 Å². The number of rotatable bonds is 3. The molecule has 1 aromatic carbocycles. The number of likely N-dealkylation sites (N-methyl/N-ethyl adjacent to an activating group) is 1. The minimum absolute atomic E-state index is 0.514. The predicted octanol–water partition coefficient (Wildman–Crippen LogP) is 3.28. The van der Waals surface area contributed by atoms with Gasteiger partial charge in [-0.3, -0.25) is 0 Å². The average Bonchev–Trinajstić information content (AvgIpc) is 2.52. The fraction of sp³-hybridized carbons (Fsp3) is 0.333. The summed E-state index contributed by atoms with van der Waals surface area (Å²) in [5, 5.41) is 4.28. The smallest absolute Gasteiger partial charge is 0.227 e. The Morgan fingerprint density at radius 1 is 1.05 bits per heavy atom. The second-order valence-corrected chi connectivity index (χ2v) is 6.10. The first-order valence-electron chi connectivity index (χ1n) is 7.10. The number of halogens is 2. The zero-order valence-electron chi connectivity index (χ0n) is 12.3. The highest BCUT2D eigenvalue weighted by atomic mass is 35.5. The van der Waals surface area contributed by atoms with Gasteiger partial charge in [-0.05, 0) is 31.3 Å². The lowest BCUT2D eigenvalue weighted by Gasteiger charge is -2.32. The minimum atomic E-state index is 0.514. The van der Waals surface area contributed by atoms with Gasteiger partial charge in [-0.25, -0.2) is 4.98 Å². The highest BCUT2D eigenvalue weighted by molar-refractivity contribution is 6.42. The lowest BCUT2D eigenvalue weighted by Crippen LogP contribution is -2.45. The van der Waals surface area contributed by atoms with Crippen molar-refractivity contribution in [3.05, 3.63) is 40.5 Å². The summed E-state index contributed by atoms with van der Waals surface area (Å²) in [5.41, 5.74) is 0.845. The van der Waals surface area contributed by atoms with E-state index in [1.807, 2.05) is 12.1 Å². The average molecular weight is 338 g/mol. The molecule has 2 aromatic rings. The molecule has 0 bridgehead atoms. The molecule has 116 valence electrons. The fourth-order valence-electron chi connectivity index (χ4n) is 2.30. The van der Waals surface area contributed by atoms with Gasteiger partial charge in [0.1, 0.15) is 5.82 Å². The van der Waals surface area contributed by atoms with Gasteiger partial charge >= 0.3 is 0 Å². The SMILES string of the molecule is CN1CCN(c2nccc(Nc3ccc(Cl)c(Cl)c3)n2)CC1. The second kappa shape index (κ2) is 6.69. The first kappa shape index (κ1) is 15.3. The molecule has 0 saturated carbocycles. The summed E-state index contributed by atoms with van der Waals surface area (Å²) in [4.78, 5) is 13.4. The topological polar surface area (TPSA) is 44.3 Å². The van der Waals surface area contributed by atoms with Crippen LogP contribution < -0.4 is 10.2 Å². The molecule has 1 aromatic heterocycles. The van der Waals surface area contributed by atoms with Crippen LogP contribution in [0, 0.1) is 0 Å². The molecule has 0 aliphatic carbocycles. The molecule has 5 nitrogen and oxygen atoms in total. The summed E-state index contributed by atoms with van der Waals surface area (Å²) in [6, 6.07) is 7.24. The number of nitrogens with zero attached hydrogens (tertiary/aromatic N) is 4. The van der Waals surface area contributed by atoms with Crippen LogP contribution in [0.15, 0.2) is 30.5 Å². The van der Waals surface area contributed by atoms with Gasteiger partial charge < -0.3 is 15.1 Å². The van der Waals surface area contributed by atoms with E-state index < -0.39 is 0 Å². The van der Waals surface area contributed by atoms with E-state index in [0.29, 0.717) is 10.0 Å².